The maximum atomic E-state index is 11.7. The largest absolute Gasteiger partial charge is 0.496 e. The minimum Gasteiger partial charge on any atom is -0.496 e. The summed E-state index contributed by atoms with van der Waals surface area (Å²) in [5.41, 5.74) is 2.49. The predicted octanol–water partition coefficient (Wildman–Crippen LogP) is 2.06. The summed E-state index contributed by atoms with van der Waals surface area (Å²) in [7, 11) is 3.14. The van der Waals surface area contributed by atoms with E-state index in [2.05, 4.69) is 15.6 Å². The van der Waals surface area contributed by atoms with E-state index in [-0.39, 0.29) is 5.91 Å². The van der Waals surface area contributed by atoms with Crippen molar-refractivity contribution in [2.24, 2.45) is 0 Å². The van der Waals surface area contributed by atoms with Gasteiger partial charge < -0.3 is 15.4 Å². The summed E-state index contributed by atoms with van der Waals surface area (Å²) in [6.07, 6.45) is 3.55. The molecule has 0 spiro atoms. The summed E-state index contributed by atoms with van der Waals surface area (Å²) >= 11 is 0. The molecule has 5 heteroatoms. The Bertz CT molecular complexity index is 585. The van der Waals surface area contributed by atoms with Gasteiger partial charge in [-0.2, -0.15) is 0 Å². The fourth-order valence-electron chi connectivity index (χ4n) is 1.83. The number of carbonyl (C=O) groups excluding carboxylic acids is 1. The van der Waals surface area contributed by atoms with Crippen molar-refractivity contribution >= 4 is 11.6 Å². The highest BCUT2D eigenvalue weighted by Crippen LogP contribution is 2.23. The zero-order chi connectivity index (χ0) is 14.4. The van der Waals surface area contributed by atoms with Gasteiger partial charge in [-0.1, -0.05) is 6.07 Å². The number of rotatable bonds is 5. The summed E-state index contributed by atoms with van der Waals surface area (Å²) in [6, 6.07) is 9.29. The molecule has 1 heterocycles. The summed E-state index contributed by atoms with van der Waals surface area (Å²) in [6.45, 7) is 0.663. The number of aromatic nitrogens is 1. The van der Waals surface area contributed by atoms with Gasteiger partial charge >= 0.3 is 0 Å². The average molecular weight is 271 g/mol. The highest BCUT2D eigenvalue weighted by Gasteiger charge is 2.11. The Hall–Kier alpha value is -2.56. The lowest BCUT2D eigenvalue weighted by Crippen LogP contribution is -2.18. The summed E-state index contributed by atoms with van der Waals surface area (Å²) in [5.74, 6) is 0.376. The molecule has 1 amide bonds. The maximum absolute atomic E-state index is 11.7. The first kappa shape index (κ1) is 13.9. The Morgan fingerprint density at radius 2 is 2.20 bits per heavy atom. The standard InChI is InChI=1S/C15H17N3O2/c1-16-15(19)13-6-5-12(8-14(13)20-2)18-10-11-4-3-7-17-9-11/h3-9,18H,10H2,1-2H3,(H,16,19). The highest BCUT2D eigenvalue weighted by atomic mass is 16.5. The molecule has 0 bridgehead atoms. The molecular formula is C15H17N3O2. The second-order valence-corrected chi connectivity index (χ2v) is 4.21. The van der Waals surface area contributed by atoms with Crippen LogP contribution < -0.4 is 15.4 Å². The molecule has 0 aliphatic rings. The highest BCUT2D eigenvalue weighted by molar-refractivity contribution is 5.97. The van der Waals surface area contributed by atoms with Gasteiger partial charge in [-0.05, 0) is 23.8 Å². The van der Waals surface area contributed by atoms with Crippen LogP contribution in [0.5, 0.6) is 5.75 Å². The van der Waals surface area contributed by atoms with Gasteiger partial charge in [-0.15, -0.1) is 0 Å². The molecule has 104 valence electrons. The van der Waals surface area contributed by atoms with Crippen molar-refractivity contribution in [1.82, 2.24) is 10.3 Å². The van der Waals surface area contributed by atoms with Crippen molar-refractivity contribution in [2.45, 2.75) is 6.54 Å². The van der Waals surface area contributed by atoms with Crippen LogP contribution >= 0.6 is 0 Å². The van der Waals surface area contributed by atoms with Gasteiger partial charge in [0.15, 0.2) is 0 Å². The molecule has 0 aliphatic carbocycles. The number of anilines is 1. The zero-order valence-electron chi connectivity index (χ0n) is 11.5. The fraction of sp³-hybridized carbons (Fsp3) is 0.200. The van der Waals surface area contributed by atoms with E-state index in [1.165, 1.54) is 0 Å². The Kier molecular flexibility index (Phi) is 4.55. The van der Waals surface area contributed by atoms with Crippen molar-refractivity contribution in [3.05, 3.63) is 53.9 Å². The van der Waals surface area contributed by atoms with E-state index >= 15 is 0 Å². The first-order valence-corrected chi connectivity index (χ1v) is 6.27. The second-order valence-electron chi connectivity index (χ2n) is 4.21. The quantitative estimate of drug-likeness (QED) is 0.873. The molecule has 0 unspecified atom stereocenters. The van der Waals surface area contributed by atoms with Crippen LogP contribution in [0.2, 0.25) is 0 Å². The zero-order valence-corrected chi connectivity index (χ0v) is 11.5. The van der Waals surface area contributed by atoms with Gasteiger partial charge in [0.05, 0.1) is 12.7 Å². The van der Waals surface area contributed by atoms with Crippen molar-refractivity contribution in [1.29, 1.82) is 0 Å². The summed E-state index contributed by atoms with van der Waals surface area (Å²) in [4.78, 5) is 15.7. The normalized spacial score (nSPS) is 9.90. The Balaban J connectivity index is 2.12. The SMILES string of the molecule is CNC(=O)c1ccc(NCc2cccnc2)cc1OC. The average Bonchev–Trinajstić information content (AvgIpc) is 2.52. The third kappa shape index (κ3) is 3.26. The van der Waals surface area contributed by atoms with E-state index < -0.39 is 0 Å². The number of hydrogen-bond acceptors (Lipinski definition) is 4. The number of amides is 1. The van der Waals surface area contributed by atoms with E-state index in [1.807, 2.05) is 24.4 Å². The number of ether oxygens (including phenoxy) is 1. The van der Waals surface area contributed by atoms with Crippen molar-refractivity contribution in [3.8, 4) is 5.75 Å². The van der Waals surface area contributed by atoms with Crippen molar-refractivity contribution in [3.63, 3.8) is 0 Å². The van der Waals surface area contributed by atoms with E-state index in [0.717, 1.165) is 11.3 Å². The van der Waals surface area contributed by atoms with E-state index in [4.69, 9.17) is 4.74 Å². The van der Waals surface area contributed by atoms with Gasteiger partial charge in [0, 0.05) is 37.7 Å². The topological polar surface area (TPSA) is 63.2 Å². The van der Waals surface area contributed by atoms with Crippen LogP contribution in [-0.4, -0.2) is 25.0 Å². The lowest BCUT2D eigenvalue weighted by molar-refractivity contribution is 0.0960. The molecule has 0 saturated heterocycles. The Morgan fingerprint density at radius 3 is 2.85 bits per heavy atom. The fourth-order valence-corrected chi connectivity index (χ4v) is 1.83. The third-order valence-corrected chi connectivity index (χ3v) is 2.89. The molecule has 1 aromatic carbocycles. The van der Waals surface area contributed by atoms with E-state index in [9.17, 15) is 4.79 Å². The molecule has 0 atom stereocenters. The van der Waals surface area contributed by atoms with Gasteiger partial charge in [-0.3, -0.25) is 9.78 Å². The van der Waals surface area contributed by atoms with Gasteiger partial charge in [0.25, 0.3) is 5.91 Å². The lowest BCUT2D eigenvalue weighted by atomic mass is 10.1. The third-order valence-electron chi connectivity index (χ3n) is 2.89. The van der Waals surface area contributed by atoms with Gasteiger partial charge in [0.2, 0.25) is 0 Å². The number of pyridine rings is 1. The maximum Gasteiger partial charge on any atom is 0.254 e. The second kappa shape index (κ2) is 6.56. The molecule has 5 nitrogen and oxygen atoms in total. The van der Waals surface area contributed by atoms with Crippen LogP contribution in [0.3, 0.4) is 0 Å². The molecule has 0 fully saturated rings. The minimum atomic E-state index is -0.166. The van der Waals surface area contributed by atoms with Gasteiger partial charge in [-0.25, -0.2) is 0 Å². The van der Waals surface area contributed by atoms with Crippen LogP contribution in [0.4, 0.5) is 5.69 Å². The summed E-state index contributed by atoms with van der Waals surface area (Å²) in [5, 5.41) is 5.85. The van der Waals surface area contributed by atoms with Gasteiger partial charge in [0.1, 0.15) is 5.75 Å². The Morgan fingerprint density at radius 1 is 1.35 bits per heavy atom. The number of methoxy groups -OCH3 is 1. The van der Waals surface area contributed by atoms with Crippen LogP contribution in [0.1, 0.15) is 15.9 Å². The monoisotopic (exact) mass is 271 g/mol. The molecule has 0 radical (unpaired) electrons. The van der Waals surface area contributed by atoms with Crippen LogP contribution in [0.25, 0.3) is 0 Å². The van der Waals surface area contributed by atoms with E-state index in [1.54, 1.807) is 32.5 Å². The minimum absolute atomic E-state index is 0.166. The molecule has 20 heavy (non-hydrogen) atoms. The number of nitrogens with one attached hydrogen (secondary N) is 2. The Labute approximate surface area is 118 Å². The van der Waals surface area contributed by atoms with Crippen LogP contribution in [0, 0.1) is 0 Å². The van der Waals surface area contributed by atoms with E-state index in [0.29, 0.717) is 17.9 Å². The van der Waals surface area contributed by atoms with Crippen LogP contribution in [-0.2, 0) is 6.54 Å². The van der Waals surface area contributed by atoms with Crippen molar-refractivity contribution < 1.29 is 9.53 Å². The molecule has 0 saturated carbocycles. The number of nitrogens with zero attached hydrogens (tertiary/aromatic N) is 1. The molecule has 2 rings (SSSR count). The molecule has 2 aromatic rings. The van der Waals surface area contributed by atoms with Crippen molar-refractivity contribution in [2.75, 3.05) is 19.5 Å². The lowest BCUT2D eigenvalue weighted by Gasteiger charge is -2.11. The number of hydrogen-bond donors (Lipinski definition) is 2. The number of carbonyl (C=O) groups is 1. The number of benzene rings is 1. The molecule has 0 aliphatic heterocycles. The molecule has 2 N–H and O–H groups in total. The predicted molar refractivity (Wildman–Crippen MR) is 77.9 cm³/mol. The molecular weight excluding hydrogens is 254 g/mol. The summed E-state index contributed by atoms with van der Waals surface area (Å²) < 4.78 is 5.25. The smallest absolute Gasteiger partial charge is 0.254 e. The van der Waals surface area contributed by atoms with Crippen LogP contribution in [0.15, 0.2) is 42.7 Å². The first-order chi connectivity index (χ1) is 9.74. The first-order valence-electron chi connectivity index (χ1n) is 6.27. The molecule has 1 aromatic heterocycles.